The summed E-state index contributed by atoms with van der Waals surface area (Å²) in [6.45, 7) is 6.93. The van der Waals surface area contributed by atoms with Crippen LogP contribution in [0.25, 0.3) is 0 Å². The third-order valence-electron chi connectivity index (χ3n) is 6.58. The van der Waals surface area contributed by atoms with Crippen LogP contribution in [0.2, 0.25) is 0 Å². The van der Waals surface area contributed by atoms with E-state index in [1.165, 1.54) is 27.8 Å². The molecule has 5 nitrogen and oxygen atoms in total. The number of hydrogen-bond acceptors (Lipinski definition) is 4. The molecular formula is C30H36N2O3. The van der Waals surface area contributed by atoms with Gasteiger partial charge in [0.15, 0.2) is 6.10 Å². The van der Waals surface area contributed by atoms with Gasteiger partial charge in [-0.15, -0.1) is 0 Å². The largest absolute Gasteiger partial charge is 0.481 e. The Kier molecular flexibility index (Phi) is 8.56. The molecule has 5 heteroatoms. The molecular weight excluding hydrogens is 436 g/mol. The van der Waals surface area contributed by atoms with Crippen LogP contribution < -0.4 is 10.1 Å². The first-order valence-electron chi connectivity index (χ1n) is 12.5. The monoisotopic (exact) mass is 472 g/mol. The van der Waals surface area contributed by atoms with E-state index < -0.39 is 6.10 Å². The first kappa shape index (κ1) is 25.0. The van der Waals surface area contributed by atoms with Crippen LogP contribution >= 0.6 is 0 Å². The molecule has 4 rings (SSSR count). The van der Waals surface area contributed by atoms with Gasteiger partial charge in [0.25, 0.3) is 5.91 Å². The van der Waals surface area contributed by atoms with Crippen molar-refractivity contribution in [1.29, 1.82) is 0 Å². The smallest absolute Gasteiger partial charge is 0.261 e. The number of amides is 1. The Labute approximate surface area is 209 Å². The molecule has 1 N–H and O–H groups in total. The standard InChI is InChI=1S/C30H36N2O3/c1-4-28(30(33)31-16-18-34-3)35-26-14-13-24-15-17-32(21-23-10-8-9-22(2)19-23)29(27(24)20-26)25-11-6-5-7-12-25/h5-14,19-20,28-29H,4,15-18,21H2,1-3H3,(H,31,33)/t28-,29-/m0/s1. The average Bonchev–Trinajstić information content (AvgIpc) is 2.87. The highest BCUT2D eigenvalue weighted by molar-refractivity contribution is 5.81. The van der Waals surface area contributed by atoms with Gasteiger partial charge in [0.2, 0.25) is 0 Å². The number of aryl methyl sites for hydroxylation is 1. The van der Waals surface area contributed by atoms with Gasteiger partial charge in [-0.1, -0.05) is 73.2 Å². The summed E-state index contributed by atoms with van der Waals surface area (Å²) in [5, 5.41) is 2.89. The molecule has 0 fully saturated rings. The molecule has 0 aliphatic carbocycles. The highest BCUT2D eigenvalue weighted by Gasteiger charge is 2.30. The lowest BCUT2D eigenvalue weighted by atomic mass is 9.87. The van der Waals surface area contributed by atoms with Gasteiger partial charge in [0.05, 0.1) is 12.6 Å². The van der Waals surface area contributed by atoms with Gasteiger partial charge in [0, 0.05) is 26.7 Å². The van der Waals surface area contributed by atoms with E-state index in [-0.39, 0.29) is 11.9 Å². The Morgan fingerprint density at radius 3 is 2.66 bits per heavy atom. The van der Waals surface area contributed by atoms with Crippen LogP contribution in [-0.2, 0) is 22.5 Å². The van der Waals surface area contributed by atoms with E-state index >= 15 is 0 Å². The van der Waals surface area contributed by atoms with Crippen molar-refractivity contribution in [3.05, 3.63) is 101 Å². The predicted octanol–water partition coefficient (Wildman–Crippen LogP) is 5.06. The normalized spacial score (nSPS) is 16.4. The number of carbonyl (C=O) groups is 1. The Bertz CT molecular complexity index is 1120. The van der Waals surface area contributed by atoms with E-state index in [1.807, 2.05) is 13.0 Å². The molecule has 184 valence electrons. The van der Waals surface area contributed by atoms with Crippen LogP contribution in [0, 0.1) is 6.92 Å². The summed E-state index contributed by atoms with van der Waals surface area (Å²) in [7, 11) is 1.62. The molecule has 0 unspecified atom stereocenters. The summed E-state index contributed by atoms with van der Waals surface area (Å²) in [6, 6.07) is 25.9. The maximum atomic E-state index is 12.6. The van der Waals surface area contributed by atoms with Gasteiger partial charge in [0.1, 0.15) is 5.75 Å². The highest BCUT2D eigenvalue weighted by Crippen LogP contribution is 2.38. The Morgan fingerprint density at radius 1 is 1.09 bits per heavy atom. The molecule has 35 heavy (non-hydrogen) atoms. The van der Waals surface area contributed by atoms with E-state index in [4.69, 9.17) is 9.47 Å². The van der Waals surface area contributed by atoms with Crippen LogP contribution in [-0.4, -0.2) is 43.7 Å². The Balaban J connectivity index is 1.62. The molecule has 0 bridgehead atoms. The van der Waals surface area contributed by atoms with Crippen molar-refractivity contribution in [2.24, 2.45) is 0 Å². The first-order valence-corrected chi connectivity index (χ1v) is 12.5. The lowest BCUT2D eigenvalue weighted by molar-refractivity contribution is -0.128. The number of benzene rings is 3. The summed E-state index contributed by atoms with van der Waals surface area (Å²) in [4.78, 5) is 15.2. The second-order valence-electron chi connectivity index (χ2n) is 9.18. The van der Waals surface area contributed by atoms with E-state index in [0.29, 0.717) is 19.6 Å². The summed E-state index contributed by atoms with van der Waals surface area (Å²) in [6.07, 6.45) is 1.05. The first-order chi connectivity index (χ1) is 17.1. The molecule has 2 atom stereocenters. The van der Waals surface area contributed by atoms with Crippen molar-refractivity contribution in [2.45, 2.75) is 45.4 Å². The topological polar surface area (TPSA) is 50.8 Å². The lowest BCUT2D eigenvalue weighted by Gasteiger charge is -2.38. The number of hydrogen-bond donors (Lipinski definition) is 1. The number of rotatable bonds is 10. The van der Waals surface area contributed by atoms with Gasteiger partial charge < -0.3 is 14.8 Å². The van der Waals surface area contributed by atoms with Gasteiger partial charge in [-0.3, -0.25) is 9.69 Å². The molecule has 0 saturated carbocycles. The lowest BCUT2D eigenvalue weighted by Crippen LogP contribution is -2.39. The summed E-state index contributed by atoms with van der Waals surface area (Å²) in [5.74, 6) is 0.624. The Morgan fingerprint density at radius 2 is 1.91 bits per heavy atom. The predicted molar refractivity (Wildman–Crippen MR) is 140 cm³/mol. The minimum atomic E-state index is -0.535. The number of carbonyl (C=O) groups excluding carboxylic acids is 1. The minimum absolute atomic E-state index is 0.108. The summed E-state index contributed by atoms with van der Waals surface area (Å²) >= 11 is 0. The van der Waals surface area contributed by atoms with Crippen molar-refractivity contribution in [3.8, 4) is 5.75 Å². The third kappa shape index (κ3) is 6.30. The fourth-order valence-electron chi connectivity index (χ4n) is 4.84. The van der Waals surface area contributed by atoms with Crippen molar-refractivity contribution < 1.29 is 14.3 Å². The number of methoxy groups -OCH3 is 1. The van der Waals surface area contributed by atoms with E-state index in [9.17, 15) is 4.79 Å². The fraction of sp³-hybridized carbons (Fsp3) is 0.367. The van der Waals surface area contributed by atoms with Gasteiger partial charge in [-0.05, 0) is 54.2 Å². The van der Waals surface area contributed by atoms with Gasteiger partial charge >= 0.3 is 0 Å². The number of nitrogens with one attached hydrogen (secondary N) is 1. The van der Waals surface area contributed by atoms with Crippen molar-refractivity contribution in [3.63, 3.8) is 0 Å². The Hall–Kier alpha value is -3.15. The number of ether oxygens (including phenoxy) is 2. The van der Waals surface area contributed by atoms with Crippen LogP contribution in [0.15, 0.2) is 72.8 Å². The van der Waals surface area contributed by atoms with Crippen molar-refractivity contribution >= 4 is 5.91 Å². The van der Waals surface area contributed by atoms with Crippen LogP contribution in [0.4, 0.5) is 0 Å². The molecule has 1 amide bonds. The number of fused-ring (bicyclic) bond motifs is 1. The highest BCUT2D eigenvalue weighted by atomic mass is 16.5. The van der Waals surface area contributed by atoms with E-state index in [0.717, 1.165) is 25.3 Å². The molecule has 0 aromatic heterocycles. The fourth-order valence-corrected chi connectivity index (χ4v) is 4.84. The van der Waals surface area contributed by atoms with Gasteiger partial charge in [-0.2, -0.15) is 0 Å². The van der Waals surface area contributed by atoms with E-state index in [2.05, 4.69) is 83.9 Å². The van der Waals surface area contributed by atoms with Crippen molar-refractivity contribution in [2.75, 3.05) is 26.8 Å². The van der Waals surface area contributed by atoms with Gasteiger partial charge in [-0.25, -0.2) is 0 Å². The second-order valence-corrected chi connectivity index (χ2v) is 9.18. The van der Waals surface area contributed by atoms with E-state index in [1.54, 1.807) is 7.11 Å². The maximum Gasteiger partial charge on any atom is 0.261 e. The number of nitrogens with zero attached hydrogens (tertiary/aromatic N) is 1. The molecule has 3 aromatic carbocycles. The van der Waals surface area contributed by atoms with Crippen molar-refractivity contribution in [1.82, 2.24) is 10.2 Å². The SMILES string of the molecule is CC[C@H](Oc1ccc2c(c1)[C@H](c1ccccc1)N(Cc1cccc(C)c1)CC2)C(=O)NCCOC. The molecule has 0 radical (unpaired) electrons. The second kappa shape index (κ2) is 12.0. The zero-order chi connectivity index (χ0) is 24.6. The molecule has 1 aliphatic rings. The quantitative estimate of drug-likeness (QED) is 0.419. The molecule has 3 aromatic rings. The zero-order valence-electron chi connectivity index (χ0n) is 21.0. The molecule has 1 heterocycles. The molecule has 1 aliphatic heterocycles. The van der Waals surface area contributed by atoms with Crippen LogP contribution in [0.1, 0.15) is 47.2 Å². The summed E-state index contributed by atoms with van der Waals surface area (Å²) < 4.78 is 11.2. The minimum Gasteiger partial charge on any atom is -0.481 e. The maximum absolute atomic E-state index is 12.6. The zero-order valence-corrected chi connectivity index (χ0v) is 21.0. The van der Waals surface area contributed by atoms with Crippen LogP contribution in [0.5, 0.6) is 5.75 Å². The molecule has 0 spiro atoms. The third-order valence-corrected chi connectivity index (χ3v) is 6.58. The average molecular weight is 473 g/mol. The molecule has 0 saturated heterocycles. The van der Waals surface area contributed by atoms with Crippen LogP contribution in [0.3, 0.4) is 0 Å². The summed E-state index contributed by atoms with van der Waals surface area (Å²) in [5.41, 5.74) is 6.45.